The highest BCUT2D eigenvalue weighted by molar-refractivity contribution is 9.10. The molecule has 1 rings (SSSR count). The van der Waals surface area contributed by atoms with E-state index in [1.807, 2.05) is 18.2 Å². The number of benzene rings is 1. The van der Waals surface area contributed by atoms with Crippen LogP contribution in [0.25, 0.3) is 0 Å². The second kappa shape index (κ2) is 4.97. The number of carbonyl (C=O) groups is 1. The van der Waals surface area contributed by atoms with E-state index in [0.29, 0.717) is 5.75 Å². The first-order valence-corrected chi connectivity index (χ1v) is 4.79. The minimum atomic E-state index is -0.277. The summed E-state index contributed by atoms with van der Waals surface area (Å²) >= 11 is 3.30. The van der Waals surface area contributed by atoms with Gasteiger partial charge < -0.3 is 4.74 Å². The quantitative estimate of drug-likeness (QED) is 0.503. The van der Waals surface area contributed by atoms with Gasteiger partial charge in [0.2, 0.25) is 0 Å². The number of hydrazine groups is 1. The first kappa shape index (κ1) is 11.0. The van der Waals surface area contributed by atoms with Gasteiger partial charge in [0.15, 0.2) is 6.61 Å². The average Bonchev–Trinajstić information content (AvgIpc) is 2.16. The minimum absolute atomic E-state index is 0.0599. The topological polar surface area (TPSA) is 55.6 Å². The largest absolute Gasteiger partial charge is 0.483 e. The Balaban J connectivity index is 2.54. The van der Waals surface area contributed by atoms with Crippen LogP contribution in [0.5, 0.6) is 5.75 Å². The molecule has 0 aliphatic carbocycles. The molecule has 0 spiro atoms. The normalized spacial score (nSPS) is 9.64. The maximum absolute atomic E-state index is 11.1. The summed E-state index contributed by atoms with van der Waals surface area (Å²) in [5.74, 6) is 5.58. The van der Waals surface area contributed by atoms with E-state index in [-0.39, 0.29) is 12.5 Å². The monoisotopic (exact) mass is 258 g/mol. The van der Waals surface area contributed by atoms with Gasteiger partial charge >= 0.3 is 0 Å². The van der Waals surface area contributed by atoms with Crippen molar-refractivity contribution in [1.29, 1.82) is 0 Å². The number of rotatable bonds is 3. The Labute approximate surface area is 90.7 Å². The van der Waals surface area contributed by atoms with Crippen molar-refractivity contribution in [2.45, 2.75) is 0 Å². The lowest BCUT2D eigenvalue weighted by molar-refractivity contribution is -0.132. The van der Waals surface area contributed by atoms with Gasteiger partial charge in [0, 0.05) is 7.05 Å². The SMILES string of the molecule is CN(N)C(=O)COc1ccccc1Br. The molecular weight excluding hydrogens is 248 g/mol. The molecule has 0 bridgehead atoms. The molecule has 0 saturated carbocycles. The molecular formula is C9H11BrN2O2. The van der Waals surface area contributed by atoms with Crippen LogP contribution < -0.4 is 10.6 Å². The zero-order valence-corrected chi connectivity index (χ0v) is 9.32. The Morgan fingerprint density at radius 3 is 2.79 bits per heavy atom. The summed E-state index contributed by atoms with van der Waals surface area (Å²) in [6.45, 7) is -0.0599. The van der Waals surface area contributed by atoms with Crippen LogP contribution in [0, 0.1) is 0 Å². The maximum atomic E-state index is 11.1. The number of amides is 1. The van der Waals surface area contributed by atoms with Crippen molar-refractivity contribution in [3.8, 4) is 5.75 Å². The second-order valence-electron chi connectivity index (χ2n) is 2.72. The van der Waals surface area contributed by atoms with Gasteiger partial charge in [-0.15, -0.1) is 0 Å². The van der Waals surface area contributed by atoms with Crippen molar-refractivity contribution in [2.75, 3.05) is 13.7 Å². The predicted molar refractivity (Wildman–Crippen MR) is 56.6 cm³/mol. The molecule has 14 heavy (non-hydrogen) atoms. The molecule has 0 radical (unpaired) electrons. The third kappa shape index (κ3) is 3.01. The molecule has 1 aromatic rings. The predicted octanol–water partition coefficient (Wildman–Crippen LogP) is 1.16. The van der Waals surface area contributed by atoms with Crippen LogP contribution in [0.2, 0.25) is 0 Å². The van der Waals surface area contributed by atoms with Crippen LogP contribution >= 0.6 is 15.9 Å². The summed E-state index contributed by atoms with van der Waals surface area (Å²) in [7, 11) is 1.48. The minimum Gasteiger partial charge on any atom is -0.483 e. The van der Waals surface area contributed by atoms with E-state index >= 15 is 0 Å². The molecule has 5 heteroatoms. The third-order valence-electron chi connectivity index (χ3n) is 1.58. The van der Waals surface area contributed by atoms with Crippen LogP contribution in [-0.4, -0.2) is 24.6 Å². The van der Waals surface area contributed by atoms with Gasteiger partial charge in [0.25, 0.3) is 5.91 Å². The molecule has 0 aliphatic rings. The summed E-state index contributed by atoms with van der Waals surface area (Å²) in [4.78, 5) is 11.1. The Kier molecular flexibility index (Phi) is 3.91. The lowest BCUT2D eigenvalue weighted by Gasteiger charge is -2.11. The fraction of sp³-hybridized carbons (Fsp3) is 0.222. The van der Waals surface area contributed by atoms with Crippen LogP contribution in [0.1, 0.15) is 0 Å². The summed E-state index contributed by atoms with van der Waals surface area (Å²) in [6, 6.07) is 7.31. The number of hydrogen-bond donors (Lipinski definition) is 1. The Morgan fingerprint density at radius 2 is 2.21 bits per heavy atom. The first-order valence-electron chi connectivity index (χ1n) is 4.00. The number of hydrogen-bond acceptors (Lipinski definition) is 3. The van der Waals surface area contributed by atoms with Crippen molar-refractivity contribution >= 4 is 21.8 Å². The first-order chi connectivity index (χ1) is 6.61. The van der Waals surface area contributed by atoms with E-state index in [4.69, 9.17) is 10.6 Å². The van der Waals surface area contributed by atoms with Crippen molar-refractivity contribution in [3.63, 3.8) is 0 Å². The number of nitrogens with two attached hydrogens (primary N) is 1. The van der Waals surface area contributed by atoms with E-state index in [0.717, 1.165) is 9.48 Å². The number of nitrogens with zero attached hydrogens (tertiary/aromatic N) is 1. The van der Waals surface area contributed by atoms with Crippen molar-refractivity contribution in [1.82, 2.24) is 5.01 Å². The zero-order valence-electron chi connectivity index (χ0n) is 7.74. The number of likely N-dealkylation sites (N-methyl/N-ethyl adjacent to an activating group) is 1. The third-order valence-corrected chi connectivity index (χ3v) is 2.24. The smallest absolute Gasteiger partial charge is 0.274 e. The highest BCUT2D eigenvalue weighted by Gasteiger charge is 2.06. The molecule has 1 aromatic carbocycles. The molecule has 76 valence electrons. The van der Waals surface area contributed by atoms with Crippen molar-refractivity contribution in [2.24, 2.45) is 5.84 Å². The zero-order chi connectivity index (χ0) is 10.6. The van der Waals surface area contributed by atoms with Gasteiger partial charge in [-0.2, -0.15) is 0 Å². The molecule has 2 N–H and O–H groups in total. The molecule has 0 heterocycles. The van der Waals surface area contributed by atoms with Crippen LogP contribution in [0.3, 0.4) is 0 Å². The molecule has 0 fully saturated rings. The van der Waals surface area contributed by atoms with Crippen LogP contribution in [-0.2, 0) is 4.79 Å². The number of ether oxygens (including phenoxy) is 1. The van der Waals surface area contributed by atoms with Gasteiger partial charge in [0.1, 0.15) is 5.75 Å². The molecule has 0 aliphatic heterocycles. The van der Waals surface area contributed by atoms with Crippen LogP contribution in [0.15, 0.2) is 28.7 Å². The molecule has 0 aromatic heterocycles. The van der Waals surface area contributed by atoms with Gasteiger partial charge in [-0.05, 0) is 28.1 Å². The Bertz CT molecular complexity index is 328. The van der Waals surface area contributed by atoms with Gasteiger partial charge in [-0.1, -0.05) is 12.1 Å². The molecule has 4 nitrogen and oxygen atoms in total. The van der Waals surface area contributed by atoms with E-state index in [2.05, 4.69) is 15.9 Å². The number of halogens is 1. The standard InChI is InChI=1S/C9H11BrN2O2/c1-12(11)9(13)6-14-8-5-3-2-4-7(8)10/h2-5H,6,11H2,1H3. The Hall–Kier alpha value is -1.07. The van der Waals surface area contributed by atoms with E-state index in [1.165, 1.54) is 7.05 Å². The van der Waals surface area contributed by atoms with E-state index in [1.54, 1.807) is 6.07 Å². The van der Waals surface area contributed by atoms with Crippen molar-refractivity contribution < 1.29 is 9.53 Å². The summed E-state index contributed by atoms with van der Waals surface area (Å²) in [5.41, 5.74) is 0. The van der Waals surface area contributed by atoms with Gasteiger partial charge in [-0.25, -0.2) is 5.84 Å². The maximum Gasteiger partial charge on any atom is 0.274 e. The average molecular weight is 259 g/mol. The van der Waals surface area contributed by atoms with E-state index in [9.17, 15) is 4.79 Å². The molecule has 0 unspecified atom stereocenters. The summed E-state index contributed by atoms with van der Waals surface area (Å²) in [5, 5.41) is 0.997. The van der Waals surface area contributed by atoms with Crippen molar-refractivity contribution in [3.05, 3.63) is 28.7 Å². The fourth-order valence-corrected chi connectivity index (χ4v) is 1.20. The Morgan fingerprint density at radius 1 is 1.57 bits per heavy atom. The number of para-hydroxylation sites is 1. The number of carbonyl (C=O) groups excluding carboxylic acids is 1. The lowest BCUT2D eigenvalue weighted by Crippen LogP contribution is -2.36. The van der Waals surface area contributed by atoms with Gasteiger partial charge in [0.05, 0.1) is 4.47 Å². The molecule has 1 amide bonds. The van der Waals surface area contributed by atoms with E-state index < -0.39 is 0 Å². The highest BCUT2D eigenvalue weighted by atomic mass is 79.9. The summed E-state index contributed by atoms with van der Waals surface area (Å²) in [6.07, 6.45) is 0. The van der Waals surface area contributed by atoms with Crippen LogP contribution in [0.4, 0.5) is 0 Å². The highest BCUT2D eigenvalue weighted by Crippen LogP contribution is 2.23. The summed E-state index contributed by atoms with van der Waals surface area (Å²) < 4.78 is 6.05. The molecule has 0 saturated heterocycles. The molecule has 0 atom stereocenters. The van der Waals surface area contributed by atoms with Gasteiger partial charge in [-0.3, -0.25) is 9.80 Å². The fourth-order valence-electron chi connectivity index (χ4n) is 0.803. The lowest BCUT2D eigenvalue weighted by atomic mass is 10.3. The second-order valence-corrected chi connectivity index (χ2v) is 3.58.